The predicted octanol–water partition coefficient (Wildman–Crippen LogP) is 0.0526. The van der Waals surface area contributed by atoms with Gasteiger partial charge in [0.15, 0.2) is 5.13 Å². The summed E-state index contributed by atoms with van der Waals surface area (Å²) < 4.78 is 4.81. The number of aromatic nitrogens is 1. The van der Waals surface area contributed by atoms with Gasteiger partial charge in [0, 0.05) is 11.4 Å². The van der Waals surface area contributed by atoms with Gasteiger partial charge in [-0.15, -0.1) is 11.3 Å². The number of hydrogen-bond acceptors (Lipinski definition) is 6. The van der Waals surface area contributed by atoms with Crippen molar-refractivity contribution in [1.82, 2.24) is 4.98 Å². The Hall–Kier alpha value is -1.31. The van der Waals surface area contributed by atoms with Crippen LogP contribution < -0.4 is 10.6 Å². The van der Waals surface area contributed by atoms with E-state index in [1.54, 1.807) is 12.3 Å². The van der Waals surface area contributed by atoms with Crippen LogP contribution in [-0.4, -0.2) is 30.0 Å². The molecule has 1 aliphatic rings. The van der Waals surface area contributed by atoms with Crippen molar-refractivity contribution in [2.24, 2.45) is 5.73 Å². The quantitative estimate of drug-likeness (QED) is 0.739. The highest BCUT2D eigenvalue weighted by atomic mass is 32.1. The molecule has 2 heterocycles. The molecule has 2 N–H and O–H groups in total. The molecule has 1 aliphatic heterocycles. The number of hydrogen-bond donors (Lipinski definition) is 1. The molecule has 2 amide bonds. The SMILES string of the molecule is CC(N)c1csc(N2C(=O)COCC2=O)n1. The molecule has 16 heavy (non-hydrogen) atoms. The minimum absolute atomic E-state index is 0.0845. The van der Waals surface area contributed by atoms with Crippen LogP contribution in [0.25, 0.3) is 0 Å². The third-order valence-electron chi connectivity index (χ3n) is 2.12. The van der Waals surface area contributed by atoms with Gasteiger partial charge in [-0.3, -0.25) is 9.59 Å². The van der Waals surface area contributed by atoms with Gasteiger partial charge in [0.1, 0.15) is 13.2 Å². The van der Waals surface area contributed by atoms with E-state index in [1.807, 2.05) is 0 Å². The number of imide groups is 1. The Morgan fingerprint density at radius 2 is 2.12 bits per heavy atom. The molecular weight excluding hydrogens is 230 g/mol. The highest BCUT2D eigenvalue weighted by Gasteiger charge is 2.30. The first-order valence-electron chi connectivity index (χ1n) is 4.74. The molecule has 86 valence electrons. The van der Waals surface area contributed by atoms with E-state index >= 15 is 0 Å². The summed E-state index contributed by atoms with van der Waals surface area (Å²) in [4.78, 5) is 28.2. The average molecular weight is 241 g/mol. The largest absolute Gasteiger partial charge is 0.362 e. The number of rotatable bonds is 2. The summed E-state index contributed by atoms with van der Waals surface area (Å²) in [5, 5.41) is 2.11. The van der Waals surface area contributed by atoms with Gasteiger partial charge in [-0.05, 0) is 6.92 Å². The first-order chi connectivity index (χ1) is 7.59. The maximum Gasteiger partial charge on any atom is 0.261 e. The van der Waals surface area contributed by atoms with Crippen LogP contribution in [-0.2, 0) is 14.3 Å². The minimum Gasteiger partial charge on any atom is -0.362 e. The molecule has 2 rings (SSSR count). The Morgan fingerprint density at radius 1 is 1.50 bits per heavy atom. The van der Waals surface area contributed by atoms with E-state index in [9.17, 15) is 9.59 Å². The zero-order chi connectivity index (χ0) is 11.7. The lowest BCUT2D eigenvalue weighted by molar-refractivity contribution is -0.138. The van der Waals surface area contributed by atoms with E-state index in [-0.39, 0.29) is 31.1 Å². The van der Waals surface area contributed by atoms with Crippen molar-refractivity contribution in [2.45, 2.75) is 13.0 Å². The summed E-state index contributed by atoms with van der Waals surface area (Å²) in [7, 11) is 0. The van der Waals surface area contributed by atoms with Crippen LogP contribution in [0, 0.1) is 0 Å². The van der Waals surface area contributed by atoms with Crippen LogP contribution >= 0.6 is 11.3 Å². The van der Waals surface area contributed by atoms with E-state index in [0.29, 0.717) is 10.8 Å². The van der Waals surface area contributed by atoms with Crippen LogP contribution in [0.15, 0.2) is 5.38 Å². The van der Waals surface area contributed by atoms with Crippen LogP contribution in [0.5, 0.6) is 0 Å². The van der Waals surface area contributed by atoms with Gasteiger partial charge in [0.25, 0.3) is 11.8 Å². The molecule has 1 fully saturated rings. The zero-order valence-corrected chi connectivity index (χ0v) is 9.49. The van der Waals surface area contributed by atoms with Gasteiger partial charge >= 0.3 is 0 Å². The fraction of sp³-hybridized carbons (Fsp3) is 0.444. The molecule has 0 bridgehead atoms. The fourth-order valence-electron chi connectivity index (χ4n) is 1.30. The van der Waals surface area contributed by atoms with Crippen LogP contribution in [0.1, 0.15) is 18.7 Å². The van der Waals surface area contributed by atoms with Crippen LogP contribution in [0.2, 0.25) is 0 Å². The second-order valence-electron chi connectivity index (χ2n) is 3.46. The van der Waals surface area contributed by atoms with Crippen molar-refractivity contribution in [2.75, 3.05) is 18.1 Å². The van der Waals surface area contributed by atoms with E-state index in [0.717, 1.165) is 4.90 Å². The summed E-state index contributed by atoms with van der Waals surface area (Å²) in [6, 6.07) is -0.212. The van der Waals surface area contributed by atoms with Gasteiger partial charge in [-0.25, -0.2) is 9.88 Å². The molecule has 7 heteroatoms. The van der Waals surface area contributed by atoms with Gasteiger partial charge < -0.3 is 10.5 Å². The van der Waals surface area contributed by atoms with Crippen molar-refractivity contribution in [3.05, 3.63) is 11.1 Å². The maximum absolute atomic E-state index is 11.5. The lowest BCUT2D eigenvalue weighted by Gasteiger charge is -2.22. The Balaban J connectivity index is 2.27. The molecule has 0 spiro atoms. The van der Waals surface area contributed by atoms with E-state index in [4.69, 9.17) is 10.5 Å². The van der Waals surface area contributed by atoms with Crippen molar-refractivity contribution >= 4 is 28.3 Å². The molecule has 1 atom stereocenters. The Labute approximate surface area is 96.0 Å². The highest BCUT2D eigenvalue weighted by Crippen LogP contribution is 2.24. The topological polar surface area (TPSA) is 85.5 Å². The molecule has 6 nitrogen and oxygen atoms in total. The molecule has 0 radical (unpaired) electrons. The fourth-order valence-corrected chi connectivity index (χ4v) is 2.26. The van der Waals surface area contributed by atoms with Crippen molar-refractivity contribution in [3.8, 4) is 0 Å². The van der Waals surface area contributed by atoms with E-state index in [2.05, 4.69) is 4.98 Å². The molecule has 1 unspecified atom stereocenters. The summed E-state index contributed by atoms with van der Waals surface area (Å²) in [5.74, 6) is -0.774. The van der Waals surface area contributed by atoms with Gasteiger partial charge in [-0.1, -0.05) is 0 Å². The number of morpholine rings is 1. The minimum atomic E-state index is -0.387. The summed E-state index contributed by atoms with van der Waals surface area (Å²) in [5.41, 5.74) is 6.33. The number of carbonyl (C=O) groups is 2. The summed E-state index contributed by atoms with van der Waals surface area (Å²) in [6.45, 7) is 1.62. The molecule has 0 aromatic carbocycles. The number of thiazole rings is 1. The standard InChI is InChI=1S/C9H11N3O3S/c1-5(10)6-4-16-9(11-6)12-7(13)2-15-3-8(12)14/h4-5H,2-3,10H2,1H3. The van der Waals surface area contributed by atoms with Crippen molar-refractivity contribution in [3.63, 3.8) is 0 Å². The van der Waals surface area contributed by atoms with Crippen molar-refractivity contribution < 1.29 is 14.3 Å². The Bertz CT molecular complexity index is 413. The predicted molar refractivity (Wildman–Crippen MR) is 58.0 cm³/mol. The Kier molecular flexibility index (Phi) is 2.99. The van der Waals surface area contributed by atoms with Crippen LogP contribution in [0.3, 0.4) is 0 Å². The lowest BCUT2D eigenvalue weighted by atomic mass is 10.3. The smallest absolute Gasteiger partial charge is 0.261 e. The Morgan fingerprint density at radius 3 is 2.62 bits per heavy atom. The van der Waals surface area contributed by atoms with Crippen molar-refractivity contribution in [1.29, 1.82) is 0 Å². The monoisotopic (exact) mass is 241 g/mol. The molecule has 1 saturated heterocycles. The van der Waals surface area contributed by atoms with Gasteiger partial charge in [0.05, 0.1) is 5.69 Å². The normalized spacial score (nSPS) is 19.0. The number of ether oxygens (including phenoxy) is 1. The number of carbonyl (C=O) groups excluding carboxylic acids is 2. The van der Waals surface area contributed by atoms with Gasteiger partial charge in [-0.2, -0.15) is 0 Å². The molecule has 0 aliphatic carbocycles. The number of nitrogens with two attached hydrogens (primary N) is 1. The first kappa shape index (κ1) is 11.2. The molecule has 1 aromatic rings. The molecular formula is C9H11N3O3S. The highest BCUT2D eigenvalue weighted by molar-refractivity contribution is 7.14. The third-order valence-corrected chi connectivity index (χ3v) is 2.96. The number of nitrogens with zero attached hydrogens (tertiary/aromatic N) is 2. The second-order valence-corrected chi connectivity index (χ2v) is 4.30. The van der Waals surface area contributed by atoms with E-state index in [1.165, 1.54) is 11.3 Å². The second kappa shape index (κ2) is 4.28. The number of anilines is 1. The van der Waals surface area contributed by atoms with E-state index < -0.39 is 0 Å². The zero-order valence-electron chi connectivity index (χ0n) is 8.67. The van der Waals surface area contributed by atoms with Crippen LogP contribution in [0.4, 0.5) is 5.13 Å². The molecule has 1 aromatic heterocycles. The summed E-state index contributed by atoms with van der Waals surface area (Å²) >= 11 is 1.23. The average Bonchev–Trinajstić information content (AvgIpc) is 2.66. The van der Waals surface area contributed by atoms with Gasteiger partial charge in [0.2, 0.25) is 0 Å². The third kappa shape index (κ3) is 1.97. The maximum atomic E-state index is 11.5. The number of amides is 2. The lowest BCUT2D eigenvalue weighted by Crippen LogP contribution is -2.46. The summed E-state index contributed by atoms with van der Waals surface area (Å²) in [6.07, 6.45) is 0. The first-order valence-corrected chi connectivity index (χ1v) is 5.62. The molecule has 0 saturated carbocycles.